The number of carbonyl (C=O) groups is 2. The fourth-order valence-electron chi connectivity index (χ4n) is 4.00. The Morgan fingerprint density at radius 2 is 1.91 bits per heavy atom. The van der Waals surface area contributed by atoms with Crippen LogP contribution in [0, 0.1) is 6.92 Å². The van der Waals surface area contributed by atoms with Gasteiger partial charge in [-0.05, 0) is 57.0 Å². The molecule has 1 saturated heterocycles. The summed E-state index contributed by atoms with van der Waals surface area (Å²) in [5.41, 5.74) is 2.25. The second-order valence-electron chi connectivity index (χ2n) is 8.07. The van der Waals surface area contributed by atoms with Gasteiger partial charge in [0.2, 0.25) is 5.91 Å². The van der Waals surface area contributed by atoms with E-state index in [1.54, 1.807) is 18.2 Å². The first-order valence-corrected chi connectivity index (χ1v) is 12.8. The molecule has 34 heavy (non-hydrogen) atoms. The minimum Gasteiger partial charge on any atom is -0.328 e. The largest absolute Gasteiger partial charge is 0.328 e. The molecule has 0 aliphatic carbocycles. The van der Waals surface area contributed by atoms with Gasteiger partial charge in [-0.2, -0.15) is 0 Å². The number of hydrogen-bond acceptors (Lipinski definition) is 5. The summed E-state index contributed by atoms with van der Waals surface area (Å²) in [4.78, 5) is 27.5. The van der Waals surface area contributed by atoms with Crippen molar-refractivity contribution in [3.8, 4) is 0 Å². The maximum Gasteiger partial charge on any atom is 0.254 e. The molecule has 2 amide bonds. The molecular formula is C24H25Cl2N5O2S. The lowest BCUT2D eigenvalue weighted by Gasteiger charge is -2.24. The number of aromatic nitrogens is 3. The van der Waals surface area contributed by atoms with E-state index in [0.29, 0.717) is 39.5 Å². The molecule has 0 saturated carbocycles. The lowest BCUT2D eigenvalue weighted by Crippen LogP contribution is -2.32. The van der Waals surface area contributed by atoms with E-state index in [0.717, 1.165) is 24.2 Å². The Kier molecular flexibility index (Phi) is 7.80. The molecule has 1 unspecified atom stereocenters. The van der Waals surface area contributed by atoms with Gasteiger partial charge in [-0.15, -0.1) is 10.2 Å². The van der Waals surface area contributed by atoms with Crippen molar-refractivity contribution >= 4 is 52.5 Å². The minimum atomic E-state index is -0.224. The number of carbonyl (C=O) groups excluding carboxylic acids is 2. The number of likely N-dealkylation sites (tertiary alicyclic amines) is 1. The third-order valence-corrected chi connectivity index (χ3v) is 7.24. The second kappa shape index (κ2) is 10.8. The molecule has 2 aromatic carbocycles. The molecule has 10 heteroatoms. The van der Waals surface area contributed by atoms with E-state index in [1.807, 2.05) is 47.6 Å². The molecule has 0 radical (unpaired) electrons. The van der Waals surface area contributed by atoms with E-state index in [4.69, 9.17) is 23.2 Å². The molecule has 178 valence electrons. The molecule has 2 heterocycles. The highest BCUT2D eigenvalue weighted by molar-refractivity contribution is 7.99. The van der Waals surface area contributed by atoms with E-state index in [2.05, 4.69) is 15.5 Å². The summed E-state index contributed by atoms with van der Waals surface area (Å²) in [6.45, 7) is 5.32. The fraction of sp³-hybridized carbons (Fsp3) is 0.333. The molecule has 4 rings (SSSR count). The number of rotatable bonds is 7. The van der Waals surface area contributed by atoms with Crippen molar-refractivity contribution in [1.29, 1.82) is 0 Å². The highest BCUT2D eigenvalue weighted by Crippen LogP contribution is 2.34. The number of benzene rings is 2. The lowest BCUT2D eigenvalue weighted by molar-refractivity contribution is -0.113. The number of hydrogen-bond donors (Lipinski definition) is 1. The summed E-state index contributed by atoms with van der Waals surface area (Å²) in [5, 5.41) is 13.1. The molecule has 0 bridgehead atoms. The summed E-state index contributed by atoms with van der Waals surface area (Å²) in [5.74, 6) is 0.664. The first kappa shape index (κ1) is 24.6. The average Bonchev–Trinajstić information content (AvgIpc) is 3.46. The highest BCUT2D eigenvalue weighted by Gasteiger charge is 2.34. The minimum absolute atomic E-state index is 0.000125. The van der Waals surface area contributed by atoms with Crippen LogP contribution in [-0.2, 0) is 11.3 Å². The van der Waals surface area contributed by atoms with Crippen LogP contribution >= 0.6 is 35.0 Å². The predicted molar refractivity (Wildman–Crippen MR) is 136 cm³/mol. The molecule has 1 aliphatic heterocycles. The van der Waals surface area contributed by atoms with Gasteiger partial charge >= 0.3 is 0 Å². The molecule has 1 N–H and O–H groups in total. The summed E-state index contributed by atoms with van der Waals surface area (Å²) < 4.78 is 1.98. The van der Waals surface area contributed by atoms with Gasteiger partial charge in [0, 0.05) is 23.7 Å². The summed E-state index contributed by atoms with van der Waals surface area (Å²) in [7, 11) is 0. The van der Waals surface area contributed by atoms with Crippen molar-refractivity contribution in [3.05, 3.63) is 69.5 Å². The van der Waals surface area contributed by atoms with Crippen LogP contribution < -0.4 is 5.32 Å². The molecule has 1 fully saturated rings. The van der Waals surface area contributed by atoms with Crippen LogP contribution in [0.2, 0.25) is 10.0 Å². The first-order valence-electron chi connectivity index (χ1n) is 11.1. The van der Waals surface area contributed by atoms with Gasteiger partial charge in [-0.3, -0.25) is 9.59 Å². The zero-order valence-electron chi connectivity index (χ0n) is 18.9. The van der Waals surface area contributed by atoms with Gasteiger partial charge in [-0.1, -0.05) is 52.7 Å². The maximum absolute atomic E-state index is 13.2. The number of nitrogens with zero attached hydrogens (tertiary/aromatic N) is 4. The van der Waals surface area contributed by atoms with Crippen LogP contribution in [0.15, 0.2) is 47.6 Å². The maximum atomic E-state index is 13.2. The number of halogens is 2. The quantitative estimate of drug-likeness (QED) is 0.411. The average molecular weight is 518 g/mol. The van der Waals surface area contributed by atoms with Gasteiger partial charge in [-0.25, -0.2) is 0 Å². The molecule has 1 aromatic heterocycles. The van der Waals surface area contributed by atoms with Crippen molar-refractivity contribution < 1.29 is 9.59 Å². The van der Waals surface area contributed by atoms with Crippen molar-refractivity contribution in [3.63, 3.8) is 0 Å². The van der Waals surface area contributed by atoms with E-state index in [-0.39, 0.29) is 23.6 Å². The normalized spacial score (nSPS) is 15.5. The Hall–Kier alpha value is -2.55. The fourth-order valence-corrected chi connectivity index (χ4v) is 5.15. The zero-order chi connectivity index (χ0) is 24.2. The number of anilines is 1. The smallest absolute Gasteiger partial charge is 0.254 e. The Balaban J connectivity index is 1.46. The third-order valence-electron chi connectivity index (χ3n) is 5.71. The van der Waals surface area contributed by atoms with Crippen LogP contribution in [0.1, 0.15) is 47.6 Å². The SMILES string of the molecule is CCn1c(SCC(=O)Nc2cc(Cl)ccc2Cl)nnc1C1CCCN1C(=O)c1ccc(C)cc1. The first-order chi connectivity index (χ1) is 16.4. The van der Waals surface area contributed by atoms with Crippen LogP contribution in [0.3, 0.4) is 0 Å². The summed E-state index contributed by atoms with van der Waals surface area (Å²) in [6, 6.07) is 12.4. The molecular weight excluding hydrogens is 493 g/mol. The number of nitrogens with one attached hydrogen (secondary N) is 1. The van der Waals surface area contributed by atoms with Gasteiger partial charge in [0.15, 0.2) is 11.0 Å². The van der Waals surface area contributed by atoms with Crippen LogP contribution in [0.5, 0.6) is 0 Å². The molecule has 3 aromatic rings. The Morgan fingerprint density at radius 1 is 1.15 bits per heavy atom. The second-order valence-corrected chi connectivity index (χ2v) is 9.85. The van der Waals surface area contributed by atoms with Crippen LogP contribution in [0.4, 0.5) is 5.69 Å². The topological polar surface area (TPSA) is 80.1 Å². The lowest BCUT2D eigenvalue weighted by atomic mass is 10.1. The van der Waals surface area contributed by atoms with Gasteiger partial charge < -0.3 is 14.8 Å². The summed E-state index contributed by atoms with van der Waals surface area (Å²) in [6.07, 6.45) is 1.73. The van der Waals surface area contributed by atoms with E-state index < -0.39 is 0 Å². The zero-order valence-corrected chi connectivity index (χ0v) is 21.3. The van der Waals surface area contributed by atoms with E-state index in [1.165, 1.54) is 11.8 Å². The van der Waals surface area contributed by atoms with Crippen molar-refractivity contribution in [2.24, 2.45) is 0 Å². The Labute approximate surface area is 212 Å². The molecule has 1 atom stereocenters. The number of aryl methyl sites for hydroxylation is 1. The van der Waals surface area contributed by atoms with Crippen molar-refractivity contribution in [2.75, 3.05) is 17.6 Å². The van der Waals surface area contributed by atoms with Crippen molar-refractivity contribution in [1.82, 2.24) is 19.7 Å². The highest BCUT2D eigenvalue weighted by atomic mass is 35.5. The van der Waals surface area contributed by atoms with Crippen molar-refractivity contribution in [2.45, 2.75) is 44.4 Å². The number of amides is 2. The van der Waals surface area contributed by atoms with Crippen LogP contribution in [-0.4, -0.2) is 43.8 Å². The standard InChI is InChI=1S/C24H25Cl2N5O2S/c1-3-30-22(20-5-4-12-31(20)23(33)16-8-6-15(2)7-9-16)28-29-24(30)34-14-21(32)27-19-13-17(25)10-11-18(19)26/h6-11,13,20H,3-5,12,14H2,1-2H3,(H,27,32). The predicted octanol–water partition coefficient (Wildman–Crippen LogP) is 5.62. The third kappa shape index (κ3) is 5.40. The summed E-state index contributed by atoms with van der Waals surface area (Å²) >= 11 is 13.4. The van der Waals surface area contributed by atoms with Gasteiger partial charge in [0.25, 0.3) is 5.91 Å². The molecule has 7 nitrogen and oxygen atoms in total. The van der Waals surface area contributed by atoms with Gasteiger partial charge in [0.1, 0.15) is 0 Å². The van der Waals surface area contributed by atoms with Crippen LogP contribution in [0.25, 0.3) is 0 Å². The molecule has 0 spiro atoms. The van der Waals surface area contributed by atoms with Gasteiger partial charge in [0.05, 0.1) is 22.5 Å². The number of thioether (sulfide) groups is 1. The molecule has 1 aliphatic rings. The monoisotopic (exact) mass is 517 g/mol. The van der Waals surface area contributed by atoms with E-state index in [9.17, 15) is 9.59 Å². The Morgan fingerprint density at radius 3 is 2.65 bits per heavy atom. The van der Waals surface area contributed by atoms with E-state index >= 15 is 0 Å². The Bertz CT molecular complexity index is 1200.